The first-order valence-electron chi connectivity index (χ1n) is 5.07. The molecule has 0 aliphatic rings. The van der Waals surface area contributed by atoms with Gasteiger partial charge in [-0.25, -0.2) is 9.59 Å². The molecule has 0 bridgehead atoms. The molecule has 0 heterocycles. The molecule has 92 valence electrons. The van der Waals surface area contributed by atoms with Crippen LogP contribution in [0.3, 0.4) is 0 Å². The van der Waals surface area contributed by atoms with Crippen LogP contribution in [0.15, 0.2) is 23.1 Å². The van der Waals surface area contributed by atoms with Gasteiger partial charge in [-0.1, -0.05) is 0 Å². The number of thioether (sulfide) groups is 1. The van der Waals surface area contributed by atoms with Gasteiger partial charge >= 0.3 is 11.9 Å². The van der Waals surface area contributed by atoms with Gasteiger partial charge in [-0.2, -0.15) is 0 Å². The van der Waals surface area contributed by atoms with E-state index in [1.807, 2.05) is 6.26 Å². The highest BCUT2D eigenvalue weighted by Crippen LogP contribution is 2.21. The number of ether oxygens (including phenoxy) is 2. The lowest BCUT2D eigenvalue weighted by Gasteiger charge is -2.08. The predicted molar refractivity (Wildman–Crippen MR) is 65.5 cm³/mol. The molecule has 0 radical (unpaired) electrons. The van der Waals surface area contributed by atoms with Crippen LogP contribution in [0, 0.1) is 0 Å². The Morgan fingerprint density at radius 1 is 1.24 bits per heavy atom. The summed E-state index contributed by atoms with van der Waals surface area (Å²) < 4.78 is 9.53. The van der Waals surface area contributed by atoms with Crippen LogP contribution in [0.1, 0.15) is 27.6 Å². The van der Waals surface area contributed by atoms with Crippen LogP contribution in [0.25, 0.3) is 0 Å². The van der Waals surface area contributed by atoms with Crippen LogP contribution in [-0.2, 0) is 9.47 Å². The van der Waals surface area contributed by atoms with Crippen molar-refractivity contribution in [2.45, 2.75) is 11.8 Å². The summed E-state index contributed by atoms with van der Waals surface area (Å²) in [6.45, 7) is 1.98. The van der Waals surface area contributed by atoms with E-state index in [9.17, 15) is 9.59 Å². The Kier molecular flexibility index (Phi) is 5.03. The van der Waals surface area contributed by atoms with Gasteiger partial charge in [0.1, 0.15) is 0 Å². The van der Waals surface area contributed by atoms with E-state index in [2.05, 4.69) is 4.74 Å². The molecule has 0 fully saturated rings. The molecule has 17 heavy (non-hydrogen) atoms. The average Bonchev–Trinajstić information content (AvgIpc) is 2.37. The fourth-order valence-corrected chi connectivity index (χ4v) is 1.76. The van der Waals surface area contributed by atoms with Gasteiger partial charge in [0.2, 0.25) is 0 Å². The Labute approximate surface area is 104 Å². The SMILES string of the molecule is CCOC(=O)c1cc(SC)ccc1C(=O)OC. The zero-order valence-electron chi connectivity index (χ0n) is 9.98. The van der Waals surface area contributed by atoms with Crippen molar-refractivity contribution >= 4 is 23.7 Å². The third-order valence-electron chi connectivity index (χ3n) is 2.13. The highest BCUT2D eigenvalue weighted by Gasteiger charge is 2.19. The van der Waals surface area contributed by atoms with Crippen LogP contribution in [0.2, 0.25) is 0 Å². The minimum absolute atomic E-state index is 0.226. The molecular formula is C12H14O4S. The molecule has 0 unspecified atom stereocenters. The second kappa shape index (κ2) is 6.30. The molecule has 0 atom stereocenters. The molecule has 5 heteroatoms. The number of rotatable bonds is 4. The second-order valence-corrected chi connectivity index (χ2v) is 4.00. The van der Waals surface area contributed by atoms with Crippen molar-refractivity contribution < 1.29 is 19.1 Å². The summed E-state index contributed by atoms with van der Waals surface area (Å²) in [6, 6.07) is 4.97. The number of hydrogen-bond donors (Lipinski definition) is 0. The molecule has 0 N–H and O–H groups in total. The first kappa shape index (κ1) is 13.6. The maximum absolute atomic E-state index is 11.7. The van der Waals surface area contributed by atoms with Crippen LogP contribution in [-0.4, -0.2) is 31.9 Å². The first-order valence-corrected chi connectivity index (χ1v) is 6.30. The Hall–Kier alpha value is -1.49. The highest BCUT2D eigenvalue weighted by atomic mass is 32.2. The van der Waals surface area contributed by atoms with Gasteiger partial charge in [-0.15, -0.1) is 11.8 Å². The Morgan fingerprint density at radius 3 is 2.47 bits per heavy atom. The molecular weight excluding hydrogens is 240 g/mol. The summed E-state index contributed by atoms with van der Waals surface area (Å²) in [5.41, 5.74) is 0.467. The smallest absolute Gasteiger partial charge is 0.339 e. The number of carbonyl (C=O) groups is 2. The minimum Gasteiger partial charge on any atom is -0.465 e. The van der Waals surface area contributed by atoms with Crippen molar-refractivity contribution in [2.24, 2.45) is 0 Å². The number of carbonyl (C=O) groups excluding carboxylic acids is 2. The van der Waals surface area contributed by atoms with Gasteiger partial charge in [0.05, 0.1) is 24.8 Å². The Morgan fingerprint density at radius 2 is 1.94 bits per heavy atom. The fraction of sp³-hybridized carbons (Fsp3) is 0.333. The molecule has 0 aromatic heterocycles. The van der Waals surface area contributed by atoms with Crippen molar-refractivity contribution in [2.75, 3.05) is 20.0 Å². The van der Waals surface area contributed by atoms with E-state index >= 15 is 0 Å². The van der Waals surface area contributed by atoms with Crippen LogP contribution in [0.5, 0.6) is 0 Å². The summed E-state index contributed by atoms with van der Waals surface area (Å²) in [6.07, 6.45) is 1.89. The highest BCUT2D eigenvalue weighted by molar-refractivity contribution is 7.98. The largest absolute Gasteiger partial charge is 0.465 e. The van der Waals surface area contributed by atoms with Crippen molar-refractivity contribution in [1.82, 2.24) is 0 Å². The Balaban J connectivity index is 3.20. The maximum Gasteiger partial charge on any atom is 0.339 e. The third kappa shape index (κ3) is 3.23. The zero-order chi connectivity index (χ0) is 12.8. The monoisotopic (exact) mass is 254 g/mol. The average molecular weight is 254 g/mol. The number of benzene rings is 1. The van der Waals surface area contributed by atoms with E-state index in [-0.39, 0.29) is 17.7 Å². The molecule has 0 aliphatic carbocycles. The van der Waals surface area contributed by atoms with E-state index < -0.39 is 11.9 Å². The molecule has 4 nitrogen and oxygen atoms in total. The molecule has 0 spiro atoms. The molecule has 0 amide bonds. The predicted octanol–water partition coefficient (Wildman–Crippen LogP) is 2.37. The van der Waals surface area contributed by atoms with Crippen LogP contribution >= 0.6 is 11.8 Å². The second-order valence-electron chi connectivity index (χ2n) is 3.12. The van der Waals surface area contributed by atoms with Crippen molar-refractivity contribution in [3.8, 4) is 0 Å². The molecule has 0 saturated heterocycles. The fourth-order valence-electron chi connectivity index (χ4n) is 1.32. The van der Waals surface area contributed by atoms with Gasteiger partial charge < -0.3 is 9.47 Å². The minimum atomic E-state index is -0.541. The number of methoxy groups -OCH3 is 1. The molecule has 0 aliphatic heterocycles. The number of esters is 2. The lowest BCUT2D eigenvalue weighted by Crippen LogP contribution is -2.13. The summed E-state index contributed by atoms with van der Waals surface area (Å²) in [5.74, 6) is -1.05. The van der Waals surface area contributed by atoms with Gasteiger partial charge in [-0.3, -0.25) is 0 Å². The molecule has 1 aromatic carbocycles. The van der Waals surface area contributed by atoms with Gasteiger partial charge in [0, 0.05) is 4.90 Å². The van der Waals surface area contributed by atoms with E-state index in [1.54, 1.807) is 25.1 Å². The van der Waals surface area contributed by atoms with E-state index in [0.29, 0.717) is 0 Å². The summed E-state index contributed by atoms with van der Waals surface area (Å²) in [7, 11) is 1.28. The third-order valence-corrected chi connectivity index (χ3v) is 2.85. The normalized spacial score (nSPS) is 9.82. The zero-order valence-corrected chi connectivity index (χ0v) is 10.8. The number of hydrogen-bond acceptors (Lipinski definition) is 5. The van der Waals surface area contributed by atoms with E-state index in [1.165, 1.54) is 18.9 Å². The lowest BCUT2D eigenvalue weighted by molar-refractivity contribution is 0.0503. The maximum atomic E-state index is 11.7. The lowest BCUT2D eigenvalue weighted by atomic mass is 10.1. The van der Waals surface area contributed by atoms with E-state index in [4.69, 9.17) is 4.74 Å². The van der Waals surface area contributed by atoms with Gasteiger partial charge in [0.15, 0.2) is 0 Å². The van der Waals surface area contributed by atoms with Crippen molar-refractivity contribution in [3.05, 3.63) is 29.3 Å². The molecule has 1 aromatic rings. The van der Waals surface area contributed by atoms with Crippen molar-refractivity contribution in [3.63, 3.8) is 0 Å². The summed E-state index contributed by atoms with van der Waals surface area (Å²) in [4.78, 5) is 24.1. The molecule has 0 saturated carbocycles. The summed E-state index contributed by atoms with van der Waals surface area (Å²) >= 11 is 1.49. The standard InChI is InChI=1S/C12H14O4S/c1-4-16-12(14)10-7-8(17-3)5-6-9(10)11(13)15-2/h5-7H,4H2,1-3H3. The van der Waals surface area contributed by atoms with Crippen molar-refractivity contribution in [1.29, 1.82) is 0 Å². The van der Waals surface area contributed by atoms with Gasteiger partial charge in [-0.05, 0) is 31.4 Å². The van der Waals surface area contributed by atoms with E-state index in [0.717, 1.165) is 4.90 Å². The van der Waals surface area contributed by atoms with Crippen LogP contribution < -0.4 is 0 Å². The topological polar surface area (TPSA) is 52.6 Å². The van der Waals surface area contributed by atoms with Crippen LogP contribution in [0.4, 0.5) is 0 Å². The van der Waals surface area contributed by atoms with Gasteiger partial charge in [0.25, 0.3) is 0 Å². The summed E-state index contributed by atoms with van der Waals surface area (Å²) in [5, 5.41) is 0. The Bertz CT molecular complexity index is 429. The first-order chi connectivity index (χ1) is 8.13. The molecule has 1 rings (SSSR count). The quantitative estimate of drug-likeness (QED) is 0.610.